The first-order valence-electron chi connectivity index (χ1n) is 13.7. The molecule has 1 atom stereocenters. The van der Waals surface area contributed by atoms with Gasteiger partial charge in [-0.15, -0.1) is 0 Å². The summed E-state index contributed by atoms with van der Waals surface area (Å²) in [5.74, 6) is 0. The number of hydrogen-bond acceptors (Lipinski definition) is 2. The summed E-state index contributed by atoms with van der Waals surface area (Å²) in [5.41, 5.74) is 8.43. The van der Waals surface area contributed by atoms with Crippen LogP contribution in [0.1, 0.15) is 12.5 Å². The number of benzene rings is 3. The molecule has 0 saturated heterocycles. The molecule has 4 heterocycles. The minimum absolute atomic E-state index is 0.208. The molecule has 4 aromatic heterocycles. The molecule has 40 heavy (non-hydrogen) atoms. The maximum atomic E-state index is 5.14. The van der Waals surface area contributed by atoms with Crippen LogP contribution in [0.4, 0.5) is 0 Å². The minimum Gasteiger partial charge on any atom is -0.319 e. The van der Waals surface area contributed by atoms with Crippen LogP contribution in [0.5, 0.6) is 0 Å². The number of rotatable bonds is 4. The average molecular weight is 515 g/mol. The van der Waals surface area contributed by atoms with Gasteiger partial charge in [0.2, 0.25) is 0 Å². The van der Waals surface area contributed by atoms with Gasteiger partial charge >= 0.3 is 0 Å². The predicted molar refractivity (Wildman–Crippen MR) is 165 cm³/mol. The number of fused-ring (bicyclic) bond motifs is 5. The number of aromatic nitrogens is 4. The van der Waals surface area contributed by atoms with Crippen LogP contribution in [0.15, 0.2) is 140 Å². The molecule has 7 aromatic rings. The van der Waals surface area contributed by atoms with E-state index in [-0.39, 0.29) is 6.04 Å². The fourth-order valence-corrected chi connectivity index (χ4v) is 6.10. The Kier molecular flexibility index (Phi) is 5.23. The van der Waals surface area contributed by atoms with E-state index in [9.17, 15) is 0 Å². The number of pyridine rings is 2. The molecule has 1 aliphatic rings. The van der Waals surface area contributed by atoms with Crippen molar-refractivity contribution in [2.24, 2.45) is 0 Å². The van der Waals surface area contributed by atoms with Gasteiger partial charge < -0.3 is 4.57 Å². The summed E-state index contributed by atoms with van der Waals surface area (Å²) in [6.07, 6.45) is 11.7. The van der Waals surface area contributed by atoms with Crippen LogP contribution in [-0.2, 0) is 0 Å². The molecule has 4 nitrogen and oxygen atoms in total. The Hall–Kier alpha value is -5.22. The number of allylic oxidation sites excluding steroid dienone is 4. The van der Waals surface area contributed by atoms with Crippen molar-refractivity contribution in [3.05, 3.63) is 140 Å². The third kappa shape index (κ3) is 3.53. The second kappa shape index (κ2) is 9.21. The van der Waals surface area contributed by atoms with Crippen LogP contribution < -0.4 is 0 Å². The van der Waals surface area contributed by atoms with Crippen molar-refractivity contribution < 1.29 is 0 Å². The lowest BCUT2D eigenvalue weighted by Gasteiger charge is -2.20. The van der Waals surface area contributed by atoms with E-state index in [4.69, 9.17) is 9.97 Å². The molecule has 0 fully saturated rings. The second-order valence-electron chi connectivity index (χ2n) is 10.2. The first kappa shape index (κ1) is 22.7. The van der Waals surface area contributed by atoms with E-state index >= 15 is 0 Å². The Balaban J connectivity index is 1.52. The van der Waals surface area contributed by atoms with Gasteiger partial charge in [-0.2, -0.15) is 0 Å². The highest BCUT2D eigenvalue weighted by molar-refractivity contribution is 6.21. The number of nitrogens with zero attached hydrogens (tertiary/aromatic N) is 4. The third-order valence-corrected chi connectivity index (χ3v) is 7.86. The number of hydrogen-bond donors (Lipinski definition) is 0. The minimum atomic E-state index is 0.208. The Morgan fingerprint density at radius 2 is 1.35 bits per heavy atom. The van der Waals surface area contributed by atoms with Gasteiger partial charge in [-0.25, -0.2) is 9.97 Å². The predicted octanol–water partition coefficient (Wildman–Crippen LogP) is 8.92. The SMILES string of the molecule is C1=CCC(n2c3ccccc3c3c4cccnc4n(-c4cc(-c5ccccc5)nc(-c5ccccc5)c4)c32)C=C1. The zero-order valence-electron chi connectivity index (χ0n) is 21.9. The van der Waals surface area contributed by atoms with Crippen molar-refractivity contribution in [3.8, 4) is 28.2 Å². The fourth-order valence-electron chi connectivity index (χ4n) is 6.10. The highest BCUT2D eigenvalue weighted by atomic mass is 15.2. The molecular formula is C36H26N4. The van der Waals surface area contributed by atoms with Crippen molar-refractivity contribution in [3.63, 3.8) is 0 Å². The van der Waals surface area contributed by atoms with E-state index in [2.05, 4.69) is 124 Å². The molecule has 1 aliphatic carbocycles. The lowest BCUT2D eigenvalue weighted by Crippen LogP contribution is -2.10. The van der Waals surface area contributed by atoms with Crippen molar-refractivity contribution in [1.82, 2.24) is 19.1 Å². The van der Waals surface area contributed by atoms with Crippen molar-refractivity contribution in [2.45, 2.75) is 12.5 Å². The molecule has 0 amide bonds. The van der Waals surface area contributed by atoms with Gasteiger partial charge in [-0.05, 0) is 36.8 Å². The highest BCUT2D eigenvalue weighted by Gasteiger charge is 2.25. The zero-order valence-corrected chi connectivity index (χ0v) is 21.9. The molecule has 0 saturated carbocycles. The molecular weight excluding hydrogens is 488 g/mol. The average Bonchev–Trinajstić information content (AvgIpc) is 3.55. The standard InChI is InChI=1S/C36H26N4/c1-4-13-25(14-5-1)31-23-28(24-32(38-31)26-15-6-2-7-16-26)40-35-30(20-12-22-37-35)34-29-19-10-11-21-33(29)39(36(34)40)27-17-8-3-9-18-27/h1-17,19-24,27H,18H2. The Morgan fingerprint density at radius 3 is 2.05 bits per heavy atom. The summed E-state index contributed by atoms with van der Waals surface area (Å²) in [5, 5.41) is 3.64. The molecule has 0 spiro atoms. The Morgan fingerprint density at radius 1 is 0.675 bits per heavy atom. The summed E-state index contributed by atoms with van der Waals surface area (Å²) >= 11 is 0. The van der Waals surface area contributed by atoms with Crippen LogP contribution >= 0.6 is 0 Å². The van der Waals surface area contributed by atoms with Crippen molar-refractivity contribution >= 4 is 33.0 Å². The maximum Gasteiger partial charge on any atom is 0.146 e. The molecule has 0 bridgehead atoms. The van der Waals surface area contributed by atoms with Gasteiger partial charge in [0.05, 0.1) is 28.6 Å². The molecule has 4 heteroatoms. The van der Waals surface area contributed by atoms with Crippen LogP contribution in [0.2, 0.25) is 0 Å². The van der Waals surface area contributed by atoms with E-state index in [1.807, 2.05) is 24.4 Å². The topological polar surface area (TPSA) is 35.6 Å². The van der Waals surface area contributed by atoms with E-state index < -0.39 is 0 Å². The van der Waals surface area contributed by atoms with E-state index in [0.29, 0.717) is 0 Å². The molecule has 190 valence electrons. The molecule has 0 N–H and O–H groups in total. The van der Waals surface area contributed by atoms with E-state index in [0.717, 1.165) is 51.3 Å². The van der Waals surface area contributed by atoms with Gasteiger partial charge in [0.1, 0.15) is 11.3 Å². The van der Waals surface area contributed by atoms with Crippen LogP contribution in [0.3, 0.4) is 0 Å². The quantitative estimate of drug-likeness (QED) is 0.235. The normalized spacial score (nSPS) is 14.9. The highest BCUT2D eigenvalue weighted by Crippen LogP contribution is 2.42. The van der Waals surface area contributed by atoms with Gasteiger partial charge in [0, 0.05) is 33.5 Å². The van der Waals surface area contributed by atoms with Gasteiger partial charge in [-0.3, -0.25) is 4.57 Å². The summed E-state index contributed by atoms with van der Waals surface area (Å²) in [7, 11) is 0. The molecule has 8 rings (SSSR count). The summed E-state index contributed by atoms with van der Waals surface area (Å²) in [6, 6.07) is 38.5. The molecule has 1 unspecified atom stereocenters. The lowest BCUT2D eigenvalue weighted by atomic mass is 10.1. The number of para-hydroxylation sites is 1. The Bertz CT molecular complexity index is 2020. The van der Waals surface area contributed by atoms with Crippen LogP contribution in [-0.4, -0.2) is 19.1 Å². The first-order chi connectivity index (χ1) is 19.9. The lowest BCUT2D eigenvalue weighted by molar-refractivity contribution is 0.640. The summed E-state index contributed by atoms with van der Waals surface area (Å²) < 4.78 is 4.84. The molecule has 0 aliphatic heterocycles. The molecule has 0 radical (unpaired) electrons. The Labute approximate surface area is 232 Å². The van der Waals surface area contributed by atoms with Crippen molar-refractivity contribution in [1.29, 1.82) is 0 Å². The van der Waals surface area contributed by atoms with Gasteiger partial charge in [0.25, 0.3) is 0 Å². The molecule has 3 aromatic carbocycles. The van der Waals surface area contributed by atoms with E-state index in [1.54, 1.807) is 0 Å². The van der Waals surface area contributed by atoms with Crippen molar-refractivity contribution in [2.75, 3.05) is 0 Å². The summed E-state index contributed by atoms with van der Waals surface area (Å²) in [4.78, 5) is 10.1. The second-order valence-corrected chi connectivity index (χ2v) is 10.2. The van der Waals surface area contributed by atoms with Crippen LogP contribution in [0.25, 0.3) is 61.2 Å². The maximum absolute atomic E-state index is 5.14. The third-order valence-electron chi connectivity index (χ3n) is 7.86. The smallest absolute Gasteiger partial charge is 0.146 e. The largest absolute Gasteiger partial charge is 0.319 e. The summed E-state index contributed by atoms with van der Waals surface area (Å²) in [6.45, 7) is 0. The van der Waals surface area contributed by atoms with Gasteiger partial charge in [0.15, 0.2) is 0 Å². The fraction of sp³-hybridized carbons (Fsp3) is 0.0556. The van der Waals surface area contributed by atoms with Crippen LogP contribution in [0, 0.1) is 0 Å². The zero-order chi connectivity index (χ0) is 26.5. The first-order valence-corrected chi connectivity index (χ1v) is 13.7. The van der Waals surface area contributed by atoms with E-state index in [1.165, 1.54) is 16.3 Å². The van der Waals surface area contributed by atoms with Gasteiger partial charge in [-0.1, -0.05) is 103 Å². The monoisotopic (exact) mass is 514 g/mol.